The third-order valence-corrected chi connectivity index (χ3v) is 5.14. The quantitative estimate of drug-likeness (QED) is 0.765. The molecule has 1 aromatic carbocycles. The van der Waals surface area contributed by atoms with Gasteiger partial charge in [-0.25, -0.2) is 0 Å². The van der Waals surface area contributed by atoms with Gasteiger partial charge in [-0.1, -0.05) is 35.2 Å². The summed E-state index contributed by atoms with van der Waals surface area (Å²) >= 11 is 7.22. The summed E-state index contributed by atoms with van der Waals surface area (Å²) < 4.78 is 2.32. The summed E-state index contributed by atoms with van der Waals surface area (Å²) in [4.78, 5) is 2.60. The number of rotatable bonds is 1. The third kappa shape index (κ3) is 2.61. The average molecular weight is 374 g/mol. The molecule has 3 rings (SSSR count). The highest BCUT2D eigenvalue weighted by atomic mass is 79.9. The first-order valence-electron chi connectivity index (χ1n) is 6.70. The highest BCUT2D eigenvalue weighted by molar-refractivity contribution is 9.11. The highest BCUT2D eigenvalue weighted by Gasteiger charge is 2.25. The van der Waals surface area contributed by atoms with Crippen molar-refractivity contribution in [1.82, 2.24) is 4.90 Å². The molecule has 0 spiro atoms. The zero-order chi connectivity index (χ0) is 12.5. The van der Waals surface area contributed by atoms with E-state index in [0.717, 1.165) is 28.2 Å². The Labute approximate surface area is 125 Å². The van der Waals surface area contributed by atoms with Gasteiger partial charge < -0.3 is 5.32 Å². The van der Waals surface area contributed by atoms with Crippen LogP contribution in [0, 0.1) is 0 Å². The van der Waals surface area contributed by atoms with Crippen LogP contribution < -0.4 is 5.32 Å². The van der Waals surface area contributed by atoms with Crippen molar-refractivity contribution in [3.05, 3.63) is 26.6 Å². The van der Waals surface area contributed by atoms with E-state index >= 15 is 0 Å². The van der Waals surface area contributed by atoms with Crippen LogP contribution in [0.25, 0.3) is 0 Å². The van der Waals surface area contributed by atoms with E-state index in [1.807, 2.05) is 0 Å². The molecule has 1 aliphatic carbocycles. The van der Waals surface area contributed by atoms with E-state index in [4.69, 9.17) is 0 Å². The molecule has 1 saturated carbocycles. The standard InChI is InChI=1S/C14H18Br2N2/c15-11-6-10-8-18(12-4-2-1-3-5-12)9-17-14(10)13(16)7-11/h6-7,12,17H,1-5,8-9H2. The molecule has 1 fully saturated rings. The maximum atomic E-state index is 3.64. The van der Waals surface area contributed by atoms with Gasteiger partial charge in [0.05, 0.1) is 12.4 Å². The number of hydrogen-bond acceptors (Lipinski definition) is 2. The summed E-state index contributed by atoms with van der Waals surface area (Å²) in [6.45, 7) is 2.06. The molecule has 0 radical (unpaired) electrons. The van der Waals surface area contributed by atoms with Gasteiger partial charge in [0, 0.05) is 21.5 Å². The molecule has 0 atom stereocenters. The van der Waals surface area contributed by atoms with Gasteiger partial charge in [-0.15, -0.1) is 0 Å². The lowest BCUT2D eigenvalue weighted by Crippen LogP contribution is -2.42. The Kier molecular flexibility index (Phi) is 3.97. The number of fused-ring (bicyclic) bond motifs is 1. The SMILES string of the molecule is Brc1cc(Br)c2c(c1)CN(C1CCCCC1)CN2. The number of halogens is 2. The molecular formula is C14H18Br2N2. The normalized spacial score (nSPS) is 21.4. The number of nitrogens with one attached hydrogen (secondary N) is 1. The van der Waals surface area contributed by atoms with Crippen molar-refractivity contribution in [2.75, 3.05) is 12.0 Å². The van der Waals surface area contributed by atoms with Crippen LogP contribution in [0.3, 0.4) is 0 Å². The molecule has 1 aliphatic heterocycles. The second-order valence-electron chi connectivity index (χ2n) is 5.30. The van der Waals surface area contributed by atoms with Crippen LogP contribution >= 0.6 is 31.9 Å². The molecule has 1 aromatic rings. The fourth-order valence-corrected chi connectivity index (χ4v) is 4.56. The smallest absolute Gasteiger partial charge is 0.0684 e. The fraction of sp³-hybridized carbons (Fsp3) is 0.571. The first-order valence-corrected chi connectivity index (χ1v) is 8.28. The summed E-state index contributed by atoms with van der Waals surface area (Å²) in [6.07, 6.45) is 6.95. The molecule has 0 unspecified atom stereocenters. The van der Waals surface area contributed by atoms with Crippen molar-refractivity contribution in [3.8, 4) is 0 Å². The molecule has 2 aliphatic rings. The zero-order valence-corrected chi connectivity index (χ0v) is 13.6. The van der Waals surface area contributed by atoms with Gasteiger partial charge in [0.1, 0.15) is 0 Å². The molecule has 98 valence electrons. The van der Waals surface area contributed by atoms with E-state index in [9.17, 15) is 0 Å². The van der Waals surface area contributed by atoms with Crippen LogP contribution in [0.1, 0.15) is 37.7 Å². The van der Waals surface area contributed by atoms with Crippen LogP contribution in [-0.4, -0.2) is 17.6 Å². The van der Waals surface area contributed by atoms with Crippen LogP contribution in [0.15, 0.2) is 21.1 Å². The van der Waals surface area contributed by atoms with Crippen LogP contribution in [0.5, 0.6) is 0 Å². The van der Waals surface area contributed by atoms with Gasteiger partial charge in [-0.2, -0.15) is 0 Å². The van der Waals surface area contributed by atoms with Crippen LogP contribution in [-0.2, 0) is 6.54 Å². The number of hydrogen-bond donors (Lipinski definition) is 1. The molecular weight excluding hydrogens is 356 g/mol. The van der Waals surface area contributed by atoms with E-state index in [1.165, 1.54) is 43.4 Å². The first-order chi connectivity index (χ1) is 8.74. The molecule has 0 amide bonds. The second-order valence-corrected chi connectivity index (χ2v) is 7.07. The van der Waals surface area contributed by atoms with Crippen molar-refractivity contribution < 1.29 is 0 Å². The number of anilines is 1. The maximum Gasteiger partial charge on any atom is 0.0684 e. The van der Waals surface area contributed by atoms with E-state index in [0.29, 0.717) is 0 Å². The molecule has 1 N–H and O–H groups in total. The highest BCUT2D eigenvalue weighted by Crippen LogP contribution is 2.35. The molecule has 1 heterocycles. The summed E-state index contributed by atoms with van der Waals surface area (Å²) in [5, 5.41) is 3.56. The maximum absolute atomic E-state index is 3.64. The van der Waals surface area contributed by atoms with Gasteiger partial charge in [0.15, 0.2) is 0 Å². The Hall–Kier alpha value is -0.0600. The minimum atomic E-state index is 0.775. The van der Waals surface area contributed by atoms with Gasteiger partial charge in [-0.05, 0) is 46.5 Å². The summed E-state index contributed by atoms with van der Waals surface area (Å²) in [6, 6.07) is 5.13. The van der Waals surface area contributed by atoms with Crippen molar-refractivity contribution in [2.24, 2.45) is 0 Å². The topological polar surface area (TPSA) is 15.3 Å². The number of benzene rings is 1. The lowest BCUT2D eigenvalue weighted by molar-refractivity contribution is 0.154. The predicted octanol–water partition coefficient (Wildman–Crippen LogP) is 4.73. The Morgan fingerprint density at radius 1 is 1.11 bits per heavy atom. The molecule has 0 bridgehead atoms. The largest absolute Gasteiger partial charge is 0.371 e. The van der Waals surface area contributed by atoms with Crippen molar-refractivity contribution >= 4 is 37.5 Å². The molecule has 0 aromatic heterocycles. The van der Waals surface area contributed by atoms with Gasteiger partial charge in [0.2, 0.25) is 0 Å². The summed E-state index contributed by atoms with van der Waals surface area (Å²) in [5.74, 6) is 0. The monoisotopic (exact) mass is 372 g/mol. The van der Waals surface area contributed by atoms with Gasteiger partial charge in [-0.3, -0.25) is 4.90 Å². The fourth-order valence-electron chi connectivity index (χ4n) is 3.11. The molecule has 18 heavy (non-hydrogen) atoms. The Bertz CT molecular complexity index is 442. The van der Waals surface area contributed by atoms with Crippen molar-refractivity contribution in [3.63, 3.8) is 0 Å². The minimum Gasteiger partial charge on any atom is -0.371 e. The lowest BCUT2D eigenvalue weighted by Gasteiger charge is -2.38. The average Bonchev–Trinajstić information content (AvgIpc) is 2.39. The van der Waals surface area contributed by atoms with Crippen LogP contribution in [0.4, 0.5) is 5.69 Å². The number of nitrogens with zero attached hydrogens (tertiary/aromatic N) is 1. The van der Waals surface area contributed by atoms with Crippen molar-refractivity contribution in [1.29, 1.82) is 0 Å². The minimum absolute atomic E-state index is 0.775. The van der Waals surface area contributed by atoms with E-state index in [1.54, 1.807) is 0 Å². The molecule has 2 nitrogen and oxygen atoms in total. The third-order valence-electron chi connectivity index (χ3n) is 4.06. The Balaban J connectivity index is 1.79. The predicted molar refractivity (Wildman–Crippen MR) is 82.7 cm³/mol. The second kappa shape index (κ2) is 5.51. The Morgan fingerprint density at radius 3 is 2.67 bits per heavy atom. The zero-order valence-electron chi connectivity index (χ0n) is 10.4. The lowest BCUT2D eigenvalue weighted by atomic mass is 9.93. The van der Waals surface area contributed by atoms with E-state index in [-0.39, 0.29) is 0 Å². The van der Waals surface area contributed by atoms with Crippen LogP contribution in [0.2, 0.25) is 0 Å². The first kappa shape index (κ1) is 12.9. The summed E-state index contributed by atoms with van der Waals surface area (Å²) in [7, 11) is 0. The van der Waals surface area contributed by atoms with Crippen molar-refractivity contribution in [2.45, 2.75) is 44.7 Å². The van der Waals surface area contributed by atoms with Gasteiger partial charge in [0.25, 0.3) is 0 Å². The Morgan fingerprint density at radius 2 is 1.89 bits per heavy atom. The molecule has 4 heteroatoms. The molecule has 0 saturated heterocycles. The van der Waals surface area contributed by atoms with E-state index in [2.05, 4.69) is 54.2 Å². The van der Waals surface area contributed by atoms with Gasteiger partial charge >= 0.3 is 0 Å². The summed E-state index contributed by atoms with van der Waals surface area (Å²) in [5.41, 5.74) is 2.67. The van der Waals surface area contributed by atoms with E-state index < -0.39 is 0 Å².